The van der Waals surface area contributed by atoms with Crippen molar-refractivity contribution in [3.8, 4) is 17.1 Å². The Morgan fingerprint density at radius 2 is 1.93 bits per heavy atom. The molecule has 0 spiro atoms. The molecule has 0 fully saturated rings. The molecular formula is C19H11F4N3O3. The third-order valence-electron chi connectivity index (χ3n) is 4.24. The number of carbonyl (C=O) groups excluding carboxylic acids is 1. The average Bonchev–Trinajstić information content (AvgIpc) is 3.34. The van der Waals surface area contributed by atoms with Crippen LogP contribution in [0.3, 0.4) is 0 Å². The van der Waals surface area contributed by atoms with Gasteiger partial charge in [0.05, 0.1) is 18.2 Å². The highest BCUT2D eigenvalue weighted by Crippen LogP contribution is 2.30. The van der Waals surface area contributed by atoms with E-state index in [2.05, 4.69) is 14.7 Å². The van der Waals surface area contributed by atoms with Gasteiger partial charge in [-0.05, 0) is 30.3 Å². The molecule has 0 bridgehead atoms. The van der Waals surface area contributed by atoms with Crippen molar-refractivity contribution in [2.75, 3.05) is 7.11 Å². The summed E-state index contributed by atoms with van der Waals surface area (Å²) in [6, 6.07) is 9.88. The maximum absolute atomic E-state index is 14.2. The van der Waals surface area contributed by atoms with E-state index in [1.54, 1.807) is 12.1 Å². The molecule has 0 aliphatic carbocycles. The van der Waals surface area contributed by atoms with Crippen LogP contribution < -0.4 is 4.74 Å². The van der Waals surface area contributed by atoms with Gasteiger partial charge in [0.2, 0.25) is 5.82 Å². The van der Waals surface area contributed by atoms with Crippen molar-refractivity contribution >= 4 is 16.8 Å². The third-order valence-corrected chi connectivity index (χ3v) is 4.24. The topological polar surface area (TPSA) is 70.2 Å². The van der Waals surface area contributed by atoms with Gasteiger partial charge in [0.1, 0.15) is 11.6 Å². The second-order valence-corrected chi connectivity index (χ2v) is 6.03. The van der Waals surface area contributed by atoms with E-state index in [0.29, 0.717) is 16.7 Å². The van der Waals surface area contributed by atoms with Gasteiger partial charge in [-0.1, -0.05) is 17.3 Å². The fourth-order valence-corrected chi connectivity index (χ4v) is 2.83. The van der Waals surface area contributed by atoms with Crippen molar-refractivity contribution in [3.63, 3.8) is 0 Å². The molecule has 0 aliphatic rings. The lowest BCUT2D eigenvalue weighted by Gasteiger charge is -2.08. The van der Waals surface area contributed by atoms with Crippen LogP contribution in [0, 0.1) is 5.82 Å². The lowest BCUT2D eigenvalue weighted by molar-refractivity contribution is -0.159. The molecule has 2 aromatic heterocycles. The first-order chi connectivity index (χ1) is 13.8. The predicted molar refractivity (Wildman–Crippen MR) is 92.9 cm³/mol. The minimum absolute atomic E-state index is 0.204. The van der Waals surface area contributed by atoms with Gasteiger partial charge in [-0.3, -0.25) is 9.36 Å². The molecule has 0 radical (unpaired) electrons. The molecule has 0 saturated heterocycles. The van der Waals surface area contributed by atoms with Crippen LogP contribution >= 0.6 is 0 Å². The van der Waals surface area contributed by atoms with Crippen LogP contribution in [0.15, 0.2) is 53.2 Å². The van der Waals surface area contributed by atoms with Crippen molar-refractivity contribution in [2.24, 2.45) is 0 Å². The van der Waals surface area contributed by atoms with Crippen LogP contribution in [-0.2, 0) is 6.18 Å². The van der Waals surface area contributed by atoms with E-state index in [9.17, 15) is 22.4 Å². The monoisotopic (exact) mass is 405 g/mol. The largest absolute Gasteiger partial charge is 0.497 e. The number of fused-ring (bicyclic) bond motifs is 1. The number of rotatable bonds is 3. The normalized spacial score (nSPS) is 11.8. The van der Waals surface area contributed by atoms with E-state index in [-0.39, 0.29) is 17.0 Å². The lowest BCUT2D eigenvalue weighted by Crippen LogP contribution is -2.12. The van der Waals surface area contributed by atoms with Gasteiger partial charge in [0.25, 0.3) is 5.91 Å². The third kappa shape index (κ3) is 3.33. The maximum Gasteiger partial charge on any atom is 0.471 e. The Hall–Kier alpha value is -3.69. The Morgan fingerprint density at radius 3 is 2.62 bits per heavy atom. The summed E-state index contributed by atoms with van der Waals surface area (Å²) in [7, 11) is 1.39. The Bertz CT molecular complexity index is 1230. The number of halogens is 4. The molecule has 0 aliphatic heterocycles. The van der Waals surface area contributed by atoms with E-state index < -0.39 is 23.8 Å². The molecule has 6 nitrogen and oxygen atoms in total. The van der Waals surface area contributed by atoms with Crippen LogP contribution in [-0.4, -0.2) is 27.7 Å². The van der Waals surface area contributed by atoms with E-state index in [1.807, 2.05) is 0 Å². The molecule has 0 amide bonds. The highest BCUT2D eigenvalue weighted by molar-refractivity contribution is 6.03. The Labute approximate surface area is 160 Å². The zero-order chi connectivity index (χ0) is 20.8. The summed E-state index contributed by atoms with van der Waals surface area (Å²) < 4.78 is 62.7. The highest BCUT2D eigenvalue weighted by Gasteiger charge is 2.38. The van der Waals surface area contributed by atoms with Crippen molar-refractivity contribution in [1.29, 1.82) is 0 Å². The fourth-order valence-electron chi connectivity index (χ4n) is 2.83. The van der Waals surface area contributed by atoms with Crippen molar-refractivity contribution in [2.45, 2.75) is 6.18 Å². The van der Waals surface area contributed by atoms with Gasteiger partial charge >= 0.3 is 12.1 Å². The predicted octanol–water partition coefficient (Wildman–Crippen LogP) is 4.55. The number of hydrogen-bond acceptors (Lipinski definition) is 5. The quantitative estimate of drug-likeness (QED) is 0.468. The second-order valence-electron chi connectivity index (χ2n) is 6.03. The van der Waals surface area contributed by atoms with Crippen molar-refractivity contribution in [1.82, 2.24) is 14.7 Å². The Morgan fingerprint density at radius 1 is 1.14 bits per heavy atom. The highest BCUT2D eigenvalue weighted by atomic mass is 19.4. The lowest BCUT2D eigenvalue weighted by atomic mass is 10.1. The van der Waals surface area contributed by atoms with Crippen LogP contribution in [0.4, 0.5) is 17.6 Å². The molecule has 0 atom stereocenters. The van der Waals surface area contributed by atoms with Crippen molar-refractivity contribution in [3.05, 3.63) is 65.9 Å². The molecule has 4 rings (SSSR count). The second kappa shape index (κ2) is 6.73. The molecule has 148 valence electrons. The molecule has 2 aromatic carbocycles. The number of ether oxygens (including phenoxy) is 1. The fraction of sp³-hybridized carbons (Fsp3) is 0.105. The number of benzene rings is 2. The van der Waals surface area contributed by atoms with Gasteiger partial charge in [0, 0.05) is 17.1 Å². The standard InChI is InChI=1S/C19H11F4N3O3/c1-28-12-4-5-14(20)13(9-12)17(27)26-7-6-10-2-3-11(8-15(10)26)16-24-18(29-25-16)19(21,22)23/h2-9H,1H3. The number of alkyl halides is 3. The zero-order valence-electron chi connectivity index (χ0n) is 14.7. The molecule has 0 N–H and O–H groups in total. The number of methoxy groups -OCH3 is 1. The molecule has 29 heavy (non-hydrogen) atoms. The summed E-state index contributed by atoms with van der Waals surface area (Å²) in [5, 5.41) is 3.95. The Kier molecular flexibility index (Phi) is 4.33. The van der Waals surface area contributed by atoms with Gasteiger partial charge in [-0.15, -0.1) is 0 Å². The Balaban J connectivity index is 1.78. The summed E-state index contributed by atoms with van der Waals surface area (Å²) in [6.45, 7) is 0. The summed E-state index contributed by atoms with van der Waals surface area (Å²) >= 11 is 0. The van der Waals surface area contributed by atoms with Gasteiger partial charge in [-0.2, -0.15) is 18.2 Å². The average molecular weight is 405 g/mol. The van der Waals surface area contributed by atoms with Crippen molar-refractivity contribution < 1.29 is 31.6 Å². The first-order valence-electron chi connectivity index (χ1n) is 8.18. The number of aromatic nitrogens is 3. The molecule has 2 heterocycles. The minimum Gasteiger partial charge on any atom is -0.497 e. The SMILES string of the molecule is COc1ccc(F)c(C(=O)n2ccc3ccc(-c4noc(C(F)(F)F)n4)cc32)c1. The van der Waals surface area contributed by atoms with E-state index in [4.69, 9.17) is 4.74 Å². The maximum atomic E-state index is 14.2. The van der Waals surface area contributed by atoms with E-state index >= 15 is 0 Å². The minimum atomic E-state index is -4.77. The number of nitrogens with zero attached hydrogens (tertiary/aromatic N) is 3. The van der Waals surface area contributed by atoms with E-state index in [0.717, 1.165) is 6.07 Å². The first-order valence-corrected chi connectivity index (χ1v) is 8.18. The van der Waals surface area contributed by atoms with Gasteiger partial charge in [0.15, 0.2) is 0 Å². The van der Waals surface area contributed by atoms with Crippen LogP contribution in [0.5, 0.6) is 5.75 Å². The van der Waals surface area contributed by atoms with Crippen LogP contribution in [0.25, 0.3) is 22.3 Å². The summed E-state index contributed by atoms with van der Waals surface area (Å²) in [5.74, 6) is -2.86. The molecule has 0 unspecified atom stereocenters. The molecule has 4 aromatic rings. The zero-order valence-corrected chi connectivity index (χ0v) is 14.7. The van der Waals surface area contributed by atoms with Crippen LogP contribution in [0.2, 0.25) is 0 Å². The number of carbonyl (C=O) groups is 1. The smallest absolute Gasteiger partial charge is 0.471 e. The van der Waals surface area contributed by atoms with Crippen LogP contribution in [0.1, 0.15) is 16.2 Å². The molecular weight excluding hydrogens is 394 g/mol. The van der Waals surface area contributed by atoms with Gasteiger partial charge in [-0.25, -0.2) is 4.39 Å². The summed E-state index contributed by atoms with van der Waals surface area (Å²) in [5.41, 5.74) is 0.329. The molecule has 10 heteroatoms. The summed E-state index contributed by atoms with van der Waals surface area (Å²) in [6.07, 6.45) is -3.33. The first kappa shape index (κ1) is 18.7. The summed E-state index contributed by atoms with van der Waals surface area (Å²) in [4.78, 5) is 16.2. The number of hydrogen-bond donors (Lipinski definition) is 0. The van der Waals surface area contributed by atoms with Gasteiger partial charge < -0.3 is 9.26 Å². The van der Waals surface area contributed by atoms with E-state index in [1.165, 1.54) is 42.1 Å². The molecule has 0 saturated carbocycles.